The van der Waals surface area contributed by atoms with Gasteiger partial charge in [-0.05, 0) is 32.7 Å². The second-order valence-electron chi connectivity index (χ2n) is 3.89. The molecule has 3 nitrogen and oxygen atoms in total. The molecule has 0 aromatic heterocycles. The van der Waals surface area contributed by atoms with Gasteiger partial charge in [-0.25, -0.2) is 4.99 Å². The largest absolute Gasteiger partial charge is 0.496 e. The molecule has 1 aromatic rings. The normalized spacial score (nSPS) is 12.2. The number of para-hydroxylation sites is 1. The van der Waals surface area contributed by atoms with E-state index in [1.165, 1.54) is 0 Å². The third kappa shape index (κ3) is 4.09. The van der Waals surface area contributed by atoms with E-state index >= 15 is 0 Å². The van der Waals surface area contributed by atoms with E-state index in [1.54, 1.807) is 7.11 Å². The molecule has 1 rings (SSSR count). The van der Waals surface area contributed by atoms with E-state index in [1.807, 2.05) is 50.3 Å². The van der Waals surface area contributed by atoms with Crippen LogP contribution < -0.4 is 10.1 Å². The van der Waals surface area contributed by atoms with Crippen LogP contribution in [0.2, 0.25) is 0 Å². The first-order valence-electron chi connectivity index (χ1n) is 5.88. The van der Waals surface area contributed by atoms with Crippen molar-refractivity contribution in [3.63, 3.8) is 0 Å². The van der Waals surface area contributed by atoms with Crippen LogP contribution in [-0.4, -0.2) is 13.8 Å². The molecular formula is C15H20N2O. The highest BCUT2D eigenvalue weighted by atomic mass is 16.5. The van der Waals surface area contributed by atoms with E-state index < -0.39 is 0 Å². The van der Waals surface area contributed by atoms with Crippen LogP contribution in [0.1, 0.15) is 19.4 Å². The van der Waals surface area contributed by atoms with Crippen LogP contribution in [0, 0.1) is 0 Å². The molecule has 0 radical (unpaired) electrons. The molecule has 0 fully saturated rings. The summed E-state index contributed by atoms with van der Waals surface area (Å²) in [6.07, 6.45) is 3.98. The number of nitrogens with zero attached hydrogens (tertiary/aromatic N) is 1. The number of nitrogens with one attached hydrogen (secondary N) is 1. The van der Waals surface area contributed by atoms with Gasteiger partial charge in [0, 0.05) is 12.1 Å². The second-order valence-corrected chi connectivity index (χ2v) is 3.89. The van der Waals surface area contributed by atoms with E-state index in [2.05, 4.69) is 17.0 Å². The summed E-state index contributed by atoms with van der Waals surface area (Å²) >= 11 is 0. The summed E-state index contributed by atoms with van der Waals surface area (Å²) in [5.74, 6) is 1.63. The molecule has 0 aliphatic rings. The number of hydrogen-bond donors (Lipinski definition) is 1. The van der Waals surface area contributed by atoms with Crippen molar-refractivity contribution in [3.05, 3.63) is 53.4 Å². The minimum Gasteiger partial charge on any atom is -0.496 e. The summed E-state index contributed by atoms with van der Waals surface area (Å²) in [5, 5.41) is 3.24. The average Bonchev–Trinajstić information content (AvgIpc) is 2.43. The van der Waals surface area contributed by atoms with Gasteiger partial charge < -0.3 is 10.1 Å². The zero-order valence-corrected chi connectivity index (χ0v) is 11.2. The smallest absolute Gasteiger partial charge is 0.125 e. The van der Waals surface area contributed by atoms with Crippen LogP contribution in [0.4, 0.5) is 0 Å². The maximum Gasteiger partial charge on any atom is 0.125 e. The SMILES string of the molecule is C=N/C(=C\C(C)=C/C)NCc1ccccc1OC. The average molecular weight is 244 g/mol. The summed E-state index contributed by atoms with van der Waals surface area (Å²) in [6.45, 7) is 8.24. The van der Waals surface area contributed by atoms with Crippen LogP contribution in [-0.2, 0) is 6.54 Å². The zero-order valence-electron chi connectivity index (χ0n) is 11.2. The summed E-state index contributed by atoms with van der Waals surface area (Å²) in [6, 6.07) is 7.91. The highest BCUT2D eigenvalue weighted by Gasteiger charge is 2.01. The van der Waals surface area contributed by atoms with Gasteiger partial charge in [0.15, 0.2) is 0 Å². The van der Waals surface area contributed by atoms with Crippen LogP contribution >= 0.6 is 0 Å². The quantitative estimate of drug-likeness (QED) is 0.615. The number of allylic oxidation sites excluding steroid dienone is 3. The van der Waals surface area contributed by atoms with Gasteiger partial charge in [0.2, 0.25) is 0 Å². The lowest BCUT2D eigenvalue weighted by Crippen LogP contribution is -2.12. The van der Waals surface area contributed by atoms with Gasteiger partial charge in [0.25, 0.3) is 0 Å². The number of benzene rings is 1. The minimum absolute atomic E-state index is 0.659. The Kier molecular flexibility index (Phi) is 5.71. The van der Waals surface area contributed by atoms with Crippen molar-refractivity contribution in [2.45, 2.75) is 20.4 Å². The summed E-state index contributed by atoms with van der Waals surface area (Å²) in [5.41, 5.74) is 2.23. The van der Waals surface area contributed by atoms with Crippen molar-refractivity contribution in [2.24, 2.45) is 4.99 Å². The Morgan fingerprint density at radius 3 is 2.78 bits per heavy atom. The molecule has 0 bridgehead atoms. The molecule has 0 aliphatic heterocycles. The Hall–Kier alpha value is -2.03. The molecule has 0 saturated heterocycles. The van der Waals surface area contributed by atoms with Crippen molar-refractivity contribution in [1.29, 1.82) is 0 Å². The lowest BCUT2D eigenvalue weighted by molar-refractivity contribution is 0.408. The van der Waals surface area contributed by atoms with Gasteiger partial charge in [-0.3, -0.25) is 0 Å². The molecule has 0 unspecified atom stereocenters. The van der Waals surface area contributed by atoms with Crippen LogP contribution in [0.5, 0.6) is 5.75 Å². The molecule has 18 heavy (non-hydrogen) atoms. The Bertz CT molecular complexity index is 461. The van der Waals surface area contributed by atoms with Crippen LogP contribution in [0.3, 0.4) is 0 Å². The molecule has 0 aliphatic carbocycles. The van der Waals surface area contributed by atoms with E-state index in [9.17, 15) is 0 Å². The van der Waals surface area contributed by atoms with E-state index in [0.29, 0.717) is 6.54 Å². The van der Waals surface area contributed by atoms with Crippen LogP contribution in [0.25, 0.3) is 0 Å². The van der Waals surface area contributed by atoms with Crippen molar-refractivity contribution in [2.75, 3.05) is 7.11 Å². The number of rotatable bonds is 6. The minimum atomic E-state index is 0.659. The first kappa shape index (κ1) is 14.0. The molecule has 0 amide bonds. The highest BCUT2D eigenvalue weighted by molar-refractivity contribution is 5.35. The molecule has 1 N–H and O–H groups in total. The number of aliphatic imine (C=N–C) groups is 1. The third-order valence-corrected chi connectivity index (χ3v) is 2.64. The van der Waals surface area contributed by atoms with Crippen molar-refractivity contribution < 1.29 is 4.74 Å². The molecule has 1 aromatic carbocycles. The van der Waals surface area contributed by atoms with Gasteiger partial charge >= 0.3 is 0 Å². The second kappa shape index (κ2) is 7.33. The molecule has 0 saturated carbocycles. The monoisotopic (exact) mass is 244 g/mol. The van der Waals surface area contributed by atoms with Gasteiger partial charge in [-0.2, -0.15) is 0 Å². The van der Waals surface area contributed by atoms with E-state index in [0.717, 1.165) is 22.7 Å². The Labute approximate surface area is 109 Å². The van der Waals surface area contributed by atoms with Gasteiger partial charge in [-0.1, -0.05) is 29.8 Å². The first-order chi connectivity index (χ1) is 8.71. The third-order valence-electron chi connectivity index (χ3n) is 2.64. The van der Waals surface area contributed by atoms with Gasteiger partial charge in [-0.15, -0.1) is 0 Å². The summed E-state index contributed by atoms with van der Waals surface area (Å²) in [7, 11) is 1.67. The molecule has 0 atom stereocenters. The maximum absolute atomic E-state index is 5.30. The molecule has 0 spiro atoms. The zero-order chi connectivity index (χ0) is 13.4. The molecule has 96 valence electrons. The van der Waals surface area contributed by atoms with Crippen molar-refractivity contribution >= 4 is 6.72 Å². The molecule has 0 heterocycles. The Morgan fingerprint density at radius 2 is 2.17 bits per heavy atom. The fraction of sp³-hybridized carbons (Fsp3) is 0.267. The Morgan fingerprint density at radius 1 is 1.44 bits per heavy atom. The summed E-state index contributed by atoms with van der Waals surface area (Å²) < 4.78 is 5.30. The van der Waals surface area contributed by atoms with E-state index in [4.69, 9.17) is 4.74 Å². The topological polar surface area (TPSA) is 33.6 Å². The van der Waals surface area contributed by atoms with Gasteiger partial charge in [0.1, 0.15) is 11.6 Å². The fourth-order valence-electron chi connectivity index (χ4n) is 1.49. The van der Waals surface area contributed by atoms with Gasteiger partial charge in [0.05, 0.1) is 7.11 Å². The number of ether oxygens (including phenoxy) is 1. The fourth-order valence-corrected chi connectivity index (χ4v) is 1.49. The lowest BCUT2D eigenvalue weighted by Gasteiger charge is -2.10. The number of methoxy groups -OCH3 is 1. The number of hydrogen-bond acceptors (Lipinski definition) is 3. The summed E-state index contributed by atoms with van der Waals surface area (Å²) in [4.78, 5) is 3.96. The predicted molar refractivity (Wildman–Crippen MR) is 76.9 cm³/mol. The first-order valence-corrected chi connectivity index (χ1v) is 5.88. The lowest BCUT2D eigenvalue weighted by atomic mass is 10.2. The van der Waals surface area contributed by atoms with Crippen LogP contribution in [0.15, 0.2) is 52.8 Å². The van der Waals surface area contributed by atoms with Crippen molar-refractivity contribution in [1.82, 2.24) is 5.32 Å². The maximum atomic E-state index is 5.30. The van der Waals surface area contributed by atoms with Crippen molar-refractivity contribution in [3.8, 4) is 5.75 Å². The highest BCUT2D eigenvalue weighted by Crippen LogP contribution is 2.17. The molecular weight excluding hydrogens is 224 g/mol. The Balaban J connectivity index is 2.74. The standard InChI is InChI=1S/C15H20N2O/c1-5-12(2)10-15(16-3)17-11-13-8-6-7-9-14(13)18-4/h5-10,17H,3,11H2,1-2,4H3/b12-5-,15-10+. The molecule has 3 heteroatoms. The predicted octanol–water partition coefficient (Wildman–Crippen LogP) is 3.29. The van der Waals surface area contributed by atoms with E-state index in [-0.39, 0.29) is 0 Å².